The highest BCUT2D eigenvalue weighted by molar-refractivity contribution is 6.31. The lowest BCUT2D eigenvalue weighted by molar-refractivity contribution is -0.219. The fraction of sp³-hybridized carbons (Fsp3) is 0.167. The van der Waals surface area contributed by atoms with Gasteiger partial charge in [0.25, 0.3) is 0 Å². The molecule has 0 aliphatic heterocycles. The van der Waals surface area contributed by atoms with Crippen molar-refractivity contribution in [3.8, 4) is 17.6 Å². The van der Waals surface area contributed by atoms with Gasteiger partial charge >= 0.3 is 0 Å². The maximum absolute atomic E-state index is 10.7. The molecule has 0 bridgehead atoms. The number of aromatic nitrogens is 6. The molecule has 236 valence electrons. The Morgan fingerprint density at radius 2 is 0.935 bits per heavy atom. The average molecular weight is 686 g/mol. The summed E-state index contributed by atoms with van der Waals surface area (Å²) in [5, 5.41) is 22.7. The van der Waals surface area contributed by atoms with Crippen molar-refractivity contribution in [2.75, 3.05) is 21.3 Å². The van der Waals surface area contributed by atoms with Crippen molar-refractivity contribution in [2.45, 2.75) is 12.6 Å². The lowest BCUT2D eigenvalue weighted by Crippen LogP contribution is -2.15. The number of hydrogen-bond acceptors (Lipinski definition) is 13. The highest BCUT2D eigenvalue weighted by Gasteiger charge is 2.26. The zero-order valence-electron chi connectivity index (χ0n) is 24.2. The summed E-state index contributed by atoms with van der Waals surface area (Å²) in [5.41, 5.74) is 3.14. The Kier molecular flexibility index (Phi) is 10.2. The van der Waals surface area contributed by atoms with Crippen LogP contribution in [0.3, 0.4) is 0 Å². The molecule has 3 heterocycles. The first kappa shape index (κ1) is 32.9. The van der Waals surface area contributed by atoms with Gasteiger partial charge in [-0.1, -0.05) is 34.8 Å². The van der Waals surface area contributed by atoms with Crippen LogP contribution in [0.15, 0.2) is 54.6 Å². The molecular formula is C30H23Cl3N6O7. The minimum absolute atomic E-state index is 0.0258. The van der Waals surface area contributed by atoms with E-state index in [1.807, 2.05) is 0 Å². The number of aliphatic hydroxyl groups is 2. The van der Waals surface area contributed by atoms with Gasteiger partial charge in [-0.05, 0) is 54.6 Å². The molecule has 13 nitrogen and oxygen atoms in total. The number of benzene rings is 3. The molecule has 0 aliphatic carbocycles. The van der Waals surface area contributed by atoms with E-state index in [4.69, 9.17) is 53.8 Å². The number of aldehydes is 1. The van der Waals surface area contributed by atoms with E-state index >= 15 is 0 Å². The third kappa shape index (κ3) is 7.15. The van der Waals surface area contributed by atoms with Gasteiger partial charge in [-0.25, -0.2) is 29.9 Å². The quantitative estimate of drug-likeness (QED) is 0.148. The smallest absolute Gasteiger partial charge is 0.243 e. The predicted molar refractivity (Wildman–Crippen MR) is 170 cm³/mol. The Morgan fingerprint density at radius 3 is 1.30 bits per heavy atom. The molecule has 0 fully saturated rings. The van der Waals surface area contributed by atoms with E-state index in [1.54, 1.807) is 54.6 Å². The van der Waals surface area contributed by atoms with Crippen LogP contribution in [-0.4, -0.2) is 67.7 Å². The van der Waals surface area contributed by atoms with Crippen molar-refractivity contribution in [2.24, 2.45) is 0 Å². The molecule has 6 rings (SSSR count). The summed E-state index contributed by atoms with van der Waals surface area (Å²) >= 11 is 17.8. The average Bonchev–Trinajstić information content (AvgIpc) is 3.06. The van der Waals surface area contributed by atoms with E-state index in [1.165, 1.54) is 21.3 Å². The third-order valence-electron chi connectivity index (χ3n) is 6.28. The molecule has 2 N–H and O–H groups in total. The number of methoxy groups -OCH3 is 3. The highest BCUT2D eigenvalue weighted by Crippen LogP contribution is 2.32. The van der Waals surface area contributed by atoms with E-state index < -0.39 is 12.6 Å². The number of ether oxygens (including phenoxy) is 4. The first-order valence-corrected chi connectivity index (χ1v) is 14.3. The second-order valence-electron chi connectivity index (χ2n) is 9.21. The summed E-state index contributed by atoms with van der Waals surface area (Å²) in [6, 6.07) is 14.9. The summed E-state index contributed by atoms with van der Waals surface area (Å²) in [6.07, 6.45) is -2.81. The molecule has 2 atom stereocenters. The fourth-order valence-electron chi connectivity index (χ4n) is 4.17. The van der Waals surface area contributed by atoms with Crippen LogP contribution >= 0.6 is 34.8 Å². The van der Waals surface area contributed by atoms with Crippen molar-refractivity contribution < 1.29 is 34.0 Å². The molecule has 6 aromatic rings. The van der Waals surface area contributed by atoms with E-state index in [9.17, 15) is 15.0 Å². The lowest BCUT2D eigenvalue weighted by atomic mass is 10.2. The largest absolute Gasteiger partial charge is 0.480 e. The van der Waals surface area contributed by atoms with Gasteiger partial charge in [0, 0.05) is 15.1 Å². The number of rotatable bonds is 8. The van der Waals surface area contributed by atoms with Crippen LogP contribution in [0.5, 0.6) is 17.6 Å². The first-order valence-electron chi connectivity index (χ1n) is 13.1. The van der Waals surface area contributed by atoms with Crippen LogP contribution < -0.4 is 14.2 Å². The zero-order valence-corrected chi connectivity index (χ0v) is 26.4. The third-order valence-corrected chi connectivity index (χ3v) is 6.98. The van der Waals surface area contributed by atoms with Crippen LogP contribution in [0.2, 0.25) is 15.1 Å². The number of nitrogens with zero attached hydrogens (tertiary/aromatic N) is 6. The van der Waals surface area contributed by atoms with Crippen molar-refractivity contribution >= 4 is 74.2 Å². The second kappa shape index (κ2) is 14.3. The SMILES string of the molecule is COc1nc2ccc(Cl)cc2nc1C(O)OC(O)c1nc2cc(Cl)ccc2nc1OC.COc1nc2ccc(Cl)cc2nc1C=O. The van der Waals surface area contributed by atoms with Crippen LogP contribution in [0.1, 0.15) is 34.5 Å². The van der Waals surface area contributed by atoms with Gasteiger partial charge in [-0.2, -0.15) is 0 Å². The minimum atomic E-state index is -1.71. The van der Waals surface area contributed by atoms with Crippen molar-refractivity contribution in [3.63, 3.8) is 0 Å². The molecule has 16 heteroatoms. The number of halogens is 3. The Balaban J connectivity index is 0.000000232. The number of carbonyl (C=O) groups excluding carboxylic acids is 1. The number of fused-ring (bicyclic) bond motifs is 3. The Labute approximate surface area is 275 Å². The number of aliphatic hydroxyl groups excluding tert-OH is 2. The standard InChI is InChI=1S/C20H16Cl2N4O5.C10H7ClN2O2/c1-29-17-15(23-13-7-9(21)3-5-11(13)25-17)19(27)31-20(28)16-18(30-2)26-12-6-4-10(22)8-14(12)24-16;1-15-10-9(5-14)12-8-4-6(11)2-3-7(8)13-10/h3-8,19-20,27-28H,1-2H3;2-5H,1H3. The summed E-state index contributed by atoms with van der Waals surface area (Å²) in [4.78, 5) is 36.1. The van der Waals surface area contributed by atoms with Gasteiger partial charge in [0.2, 0.25) is 30.2 Å². The molecule has 0 spiro atoms. The zero-order chi connectivity index (χ0) is 33.0. The van der Waals surface area contributed by atoms with Crippen molar-refractivity contribution in [1.82, 2.24) is 29.9 Å². The van der Waals surface area contributed by atoms with Crippen LogP contribution in [-0.2, 0) is 4.74 Å². The Morgan fingerprint density at radius 1 is 0.565 bits per heavy atom. The maximum atomic E-state index is 10.7. The van der Waals surface area contributed by atoms with Gasteiger partial charge in [0.1, 0.15) is 0 Å². The van der Waals surface area contributed by atoms with E-state index in [0.29, 0.717) is 54.5 Å². The van der Waals surface area contributed by atoms with E-state index in [0.717, 1.165) is 0 Å². The highest BCUT2D eigenvalue weighted by atomic mass is 35.5. The topological polar surface area (TPSA) is 172 Å². The number of hydrogen-bond donors (Lipinski definition) is 2. The van der Waals surface area contributed by atoms with Crippen LogP contribution in [0.25, 0.3) is 33.1 Å². The molecule has 0 radical (unpaired) electrons. The van der Waals surface area contributed by atoms with E-state index in [-0.39, 0.29) is 34.7 Å². The van der Waals surface area contributed by atoms with Gasteiger partial charge in [-0.15, -0.1) is 0 Å². The lowest BCUT2D eigenvalue weighted by Gasteiger charge is -2.19. The molecule has 0 saturated heterocycles. The van der Waals surface area contributed by atoms with E-state index in [2.05, 4.69) is 29.9 Å². The molecule has 0 amide bonds. The summed E-state index contributed by atoms with van der Waals surface area (Å²) in [6.45, 7) is 0. The molecule has 46 heavy (non-hydrogen) atoms. The summed E-state index contributed by atoms with van der Waals surface area (Å²) in [7, 11) is 4.19. The van der Waals surface area contributed by atoms with Gasteiger partial charge < -0.3 is 29.2 Å². The normalized spacial score (nSPS) is 12.3. The maximum Gasteiger partial charge on any atom is 0.243 e. The van der Waals surface area contributed by atoms with Crippen molar-refractivity contribution in [3.05, 3.63) is 86.7 Å². The molecule has 0 saturated carbocycles. The monoisotopic (exact) mass is 684 g/mol. The summed E-state index contributed by atoms with van der Waals surface area (Å²) in [5.74, 6) is 0.274. The molecular weight excluding hydrogens is 663 g/mol. The second-order valence-corrected chi connectivity index (χ2v) is 10.5. The Bertz CT molecular complexity index is 1970. The predicted octanol–water partition coefficient (Wildman–Crippen LogP) is 5.70. The molecule has 0 aliphatic rings. The van der Waals surface area contributed by atoms with Crippen LogP contribution in [0, 0.1) is 0 Å². The molecule has 2 unspecified atom stereocenters. The van der Waals surface area contributed by atoms with Crippen LogP contribution in [0.4, 0.5) is 0 Å². The van der Waals surface area contributed by atoms with Gasteiger partial charge in [0.15, 0.2) is 23.4 Å². The van der Waals surface area contributed by atoms with Gasteiger partial charge in [-0.3, -0.25) is 4.79 Å². The molecule has 3 aromatic carbocycles. The Hall–Kier alpha value is -4.50. The minimum Gasteiger partial charge on any atom is -0.480 e. The fourth-order valence-corrected chi connectivity index (χ4v) is 4.67. The number of carbonyl (C=O) groups is 1. The summed E-state index contributed by atoms with van der Waals surface area (Å²) < 4.78 is 20.7. The molecule has 3 aromatic heterocycles. The van der Waals surface area contributed by atoms with Gasteiger partial charge in [0.05, 0.1) is 54.4 Å². The first-order chi connectivity index (χ1) is 22.1. The van der Waals surface area contributed by atoms with Crippen molar-refractivity contribution in [1.29, 1.82) is 0 Å².